The molecular formula is C18H29IN4O2. The smallest absolute Gasteiger partial charge is 0.251 e. The van der Waals surface area contributed by atoms with E-state index in [0.717, 1.165) is 43.6 Å². The molecule has 1 aromatic rings. The molecule has 0 bridgehead atoms. The van der Waals surface area contributed by atoms with E-state index >= 15 is 0 Å². The third kappa shape index (κ3) is 8.53. The maximum atomic E-state index is 11.6. The number of amides is 1. The second kappa shape index (κ2) is 12.1. The van der Waals surface area contributed by atoms with Crippen LogP contribution in [0.15, 0.2) is 29.3 Å². The molecule has 1 fully saturated rings. The maximum absolute atomic E-state index is 11.6. The van der Waals surface area contributed by atoms with Crippen LogP contribution in [0.2, 0.25) is 0 Å². The highest BCUT2D eigenvalue weighted by Crippen LogP contribution is 2.28. The Morgan fingerprint density at radius 1 is 1.28 bits per heavy atom. The predicted molar refractivity (Wildman–Crippen MR) is 112 cm³/mol. The number of benzene rings is 1. The zero-order chi connectivity index (χ0) is 17.2. The standard InChI is InChI=1S/C18H28N4O2.HI/c1-19-17(23)16-5-3-4-14(12-16)8-9-21-18(20-2)22-10-11-24-13-15-6-7-15;/h3-5,12,15H,6-11,13H2,1-2H3,(H,19,23)(H2,20,21,22);1H. The van der Waals surface area contributed by atoms with Crippen molar-refractivity contribution in [3.05, 3.63) is 35.4 Å². The molecular weight excluding hydrogens is 431 g/mol. The number of nitrogens with zero attached hydrogens (tertiary/aromatic N) is 1. The Labute approximate surface area is 167 Å². The van der Waals surface area contributed by atoms with Crippen LogP contribution in [0.4, 0.5) is 0 Å². The van der Waals surface area contributed by atoms with Gasteiger partial charge in [0.1, 0.15) is 0 Å². The Kier molecular flexibility index (Phi) is 10.5. The molecule has 2 rings (SSSR count). The summed E-state index contributed by atoms with van der Waals surface area (Å²) >= 11 is 0. The molecule has 0 heterocycles. The van der Waals surface area contributed by atoms with Gasteiger partial charge in [0.05, 0.1) is 6.61 Å². The van der Waals surface area contributed by atoms with Gasteiger partial charge in [-0.25, -0.2) is 0 Å². The summed E-state index contributed by atoms with van der Waals surface area (Å²) in [6, 6.07) is 7.67. The van der Waals surface area contributed by atoms with Crippen LogP contribution in [-0.4, -0.2) is 52.3 Å². The summed E-state index contributed by atoms with van der Waals surface area (Å²) in [7, 11) is 3.40. The largest absolute Gasteiger partial charge is 0.379 e. The van der Waals surface area contributed by atoms with Gasteiger partial charge in [-0.2, -0.15) is 0 Å². The Balaban J connectivity index is 0.00000312. The van der Waals surface area contributed by atoms with Gasteiger partial charge in [-0.15, -0.1) is 24.0 Å². The lowest BCUT2D eigenvalue weighted by atomic mass is 10.1. The third-order valence-corrected chi connectivity index (χ3v) is 3.94. The second-order valence-corrected chi connectivity index (χ2v) is 5.97. The molecule has 0 aromatic heterocycles. The lowest BCUT2D eigenvalue weighted by Gasteiger charge is -2.12. The van der Waals surface area contributed by atoms with E-state index < -0.39 is 0 Å². The summed E-state index contributed by atoms with van der Waals surface area (Å²) in [6.45, 7) is 3.08. The summed E-state index contributed by atoms with van der Waals surface area (Å²) in [5.41, 5.74) is 1.80. The summed E-state index contributed by atoms with van der Waals surface area (Å²) < 4.78 is 5.59. The molecule has 7 heteroatoms. The zero-order valence-electron chi connectivity index (χ0n) is 15.0. The Morgan fingerprint density at radius 3 is 2.72 bits per heavy atom. The van der Waals surface area contributed by atoms with Crippen LogP contribution in [0.5, 0.6) is 0 Å². The van der Waals surface area contributed by atoms with Crippen LogP contribution in [0.25, 0.3) is 0 Å². The van der Waals surface area contributed by atoms with Gasteiger partial charge in [0.15, 0.2) is 5.96 Å². The van der Waals surface area contributed by atoms with Crippen LogP contribution < -0.4 is 16.0 Å². The highest BCUT2D eigenvalue weighted by molar-refractivity contribution is 14.0. The molecule has 1 aromatic carbocycles. The van der Waals surface area contributed by atoms with E-state index in [2.05, 4.69) is 20.9 Å². The lowest BCUT2D eigenvalue weighted by Crippen LogP contribution is -2.39. The van der Waals surface area contributed by atoms with Crippen LogP contribution >= 0.6 is 24.0 Å². The molecule has 1 amide bonds. The molecule has 140 valence electrons. The van der Waals surface area contributed by atoms with Crippen LogP contribution in [0, 0.1) is 5.92 Å². The molecule has 3 N–H and O–H groups in total. The average molecular weight is 460 g/mol. The molecule has 6 nitrogen and oxygen atoms in total. The fourth-order valence-electron chi connectivity index (χ4n) is 2.33. The fraction of sp³-hybridized carbons (Fsp3) is 0.556. The van der Waals surface area contributed by atoms with E-state index in [4.69, 9.17) is 4.74 Å². The topological polar surface area (TPSA) is 74.8 Å². The van der Waals surface area contributed by atoms with Gasteiger partial charge in [-0.1, -0.05) is 12.1 Å². The van der Waals surface area contributed by atoms with E-state index in [0.29, 0.717) is 12.2 Å². The molecule has 1 saturated carbocycles. The molecule has 1 aliphatic carbocycles. The van der Waals surface area contributed by atoms with Crippen molar-refractivity contribution in [3.63, 3.8) is 0 Å². The van der Waals surface area contributed by atoms with Crippen molar-refractivity contribution in [2.24, 2.45) is 10.9 Å². The first-order valence-corrected chi connectivity index (χ1v) is 8.56. The van der Waals surface area contributed by atoms with Gasteiger partial charge in [0.25, 0.3) is 5.91 Å². The monoisotopic (exact) mass is 460 g/mol. The zero-order valence-corrected chi connectivity index (χ0v) is 17.3. The van der Waals surface area contributed by atoms with E-state index in [9.17, 15) is 4.79 Å². The molecule has 0 saturated heterocycles. The van der Waals surface area contributed by atoms with Crippen LogP contribution in [0.3, 0.4) is 0 Å². The molecule has 0 unspecified atom stereocenters. The predicted octanol–water partition coefficient (Wildman–Crippen LogP) is 1.80. The Hall–Kier alpha value is -1.35. The highest BCUT2D eigenvalue weighted by atomic mass is 127. The first-order valence-electron chi connectivity index (χ1n) is 8.56. The van der Waals surface area contributed by atoms with E-state index in [1.165, 1.54) is 12.8 Å². The van der Waals surface area contributed by atoms with Crippen molar-refractivity contribution in [2.75, 3.05) is 40.4 Å². The molecule has 1 aliphatic rings. The minimum Gasteiger partial charge on any atom is -0.379 e. The first kappa shape index (κ1) is 21.7. The molecule has 0 atom stereocenters. The van der Waals surface area contributed by atoms with Gasteiger partial charge in [-0.3, -0.25) is 9.79 Å². The molecule has 0 aliphatic heterocycles. The average Bonchev–Trinajstić information content (AvgIpc) is 3.43. The van der Waals surface area contributed by atoms with E-state index in [1.54, 1.807) is 14.1 Å². The van der Waals surface area contributed by atoms with Crippen molar-refractivity contribution in [1.29, 1.82) is 0 Å². The fourth-order valence-corrected chi connectivity index (χ4v) is 2.33. The van der Waals surface area contributed by atoms with E-state index in [-0.39, 0.29) is 29.9 Å². The minimum absolute atomic E-state index is 0. The maximum Gasteiger partial charge on any atom is 0.251 e. The quantitative estimate of drug-likeness (QED) is 0.228. The van der Waals surface area contributed by atoms with Crippen molar-refractivity contribution < 1.29 is 9.53 Å². The number of hydrogen-bond donors (Lipinski definition) is 3. The van der Waals surface area contributed by atoms with Gasteiger partial charge in [-0.05, 0) is 42.9 Å². The number of aliphatic imine (C=N–C) groups is 1. The van der Waals surface area contributed by atoms with E-state index in [1.807, 2.05) is 24.3 Å². The first-order chi connectivity index (χ1) is 11.7. The summed E-state index contributed by atoms with van der Waals surface area (Å²) in [5, 5.41) is 9.15. The van der Waals surface area contributed by atoms with Crippen LogP contribution in [0.1, 0.15) is 28.8 Å². The summed E-state index contributed by atoms with van der Waals surface area (Å²) in [4.78, 5) is 15.8. The SMILES string of the molecule is CN=C(NCCOCC1CC1)NCCc1cccc(C(=O)NC)c1.I. The summed E-state index contributed by atoms with van der Waals surface area (Å²) in [6.07, 6.45) is 3.46. The Bertz CT molecular complexity index is 562. The third-order valence-electron chi connectivity index (χ3n) is 3.94. The number of nitrogens with one attached hydrogen (secondary N) is 3. The van der Waals surface area contributed by atoms with Gasteiger partial charge >= 0.3 is 0 Å². The molecule has 0 spiro atoms. The number of rotatable bonds is 9. The van der Waals surface area contributed by atoms with Crippen molar-refractivity contribution in [1.82, 2.24) is 16.0 Å². The summed E-state index contributed by atoms with van der Waals surface area (Å²) in [5.74, 6) is 1.51. The van der Waals surface area contributed by atoms with Crippen molar-refractivity contribution >= 4 is 35.8 Å². The number of carbonyl (C=O) groups is 1. The van der Waals surface area contributed by atoms with Crippen molar-refractivity contribution in [3.8, 4) is 0 Å². The molecule has 25 heavy (non-hydrogen) atoms. The lowest BCUT2D eigenvalue weighted by molar-refractivity contribution is 0.0963. The van der Waals surface area contributed by atoms with Crippen LogP contribution in [-0.2, 0) is 11.2 Å². The van der Waals surface area contributed by atoms with Gasteiger partial charge in [0, 0.05) is 39.4 Å². The second-order valence-electron chi connectivity index (χ2n) is 5.97. The van der Waals surface area contributed by atoms with Gasteiger partial charge < -0.3 is 20.7 Å². The number of guanidine groups is 1. The number of halogens is 1. The van der Waals surface area contributed by atoms with Crippen molar-refractivity contribution in [2.45, 2.75) is 19.3 Å². The normalized spacial score (nSPS) is 13.8. The number of ether oxygens (including phenoxy) is 1. The number of carbonyl (C=O) groups excluding carboxylic acids is 1. The Morgan fingerprint density at radius 2 is 2.04 bits per heavy atom. The minimum atomic E-state index is -0.0616. The highest BCUT2D eigenvalue weighted by Gasteiger charge is 2.20. The van der Waals surface area contributed by atoms with Gasteiger partial charge in [0.2, 0.25) is 0 Å². The molecule has 0 radical (unpaired) electrons. The number of hydrogen-bond acceptors (Lipinski definition) is 3.